The molecule has 0 atom stereocenters. The van der Waals surface area contributed by atoms with Crippen molar-refractivity contribution in [3.63, 3.8) is 0 Å². The summed E-state index contributed by atoms with van der Waals surface area (Å²) in [6, 6.07) is 9.59. The first-order chi connectivity index (χ1) is 8.66. The number of hydrogen-bond donors (Lipinski definition) is 1. The van der Waals surface area contributed by atoms with E-state index in [9.17, 15) is 9.59 Å². The van der Waals surface area contributed by atoms with E-state index in [4.69, 9.17) is 0 Å². The van der Waals surface area contributed by atoms with Gasteiger partial charge in [0.05, 0.1) is 0 Å². The molecule has 1 aliphatic rings. The van der Waals surface area contributed by atoms with Gasteiger partial charge in [-0.05, 0) is 0 Å². The zero-order valence-electron chi connectivity index (χ0n) is 9.29. The van der Waals surface area contributed by atoms with Gasteiger partial charge >= 0.3 is 112 Å². The number of nitrogens with zero attached hydrogens (tertiary/aromatic N) is 1. The minimum atomic E-state index is -0.537. The van der Waals surface area contributed by atoms with Crippen LogP contribution in [-0.2, 0) is 9.59 Å². The maximum atomic E-state index is 11.5. The fraction of sp³-hybridized carbons (Fsp3) is 0. The molecule has 0 aliphatic carbocycles. The van der Waals surface area contributed by atoms with Crippen molar-refractivity contribution in [2.45, 2.75) is 0 Å². The third kappa shape index (κ3) is 3.03. The number of aliphatic imine (C=N–C) groups is 1. The number of carbonyl (C=O) groups is 2. The van der Waals surface area contributed by atoms with Crippen LogP contribution < -0.4 is 5.32 Å². The van der Waals surface area contributed by atoms with Crippen LogP contribution in [0, 0.1) is 0 Å². The standard InChI is InChI=1S/C13H9N2O2Se/c16-11-10(12(17)15-13(18)14-11)8-4-7-9-5-2-1-3-6-9/h1-8H,(H,14,15,16,17)/b7-4+. The maximum absolute atomic E-state index is 11.5. The monoisotopic (exact) mass is 305 g/mol. The van der Waals surface area contributed by atoms with Crippen molar-refractivity contribution in [1.82, 2.24) is 5.32 Å². The summed E-state index contributed by atoms with van der Waals surface area (Å²) >= 11 is 2.49. The van der Waals surface area contributed by atoms with E-state index in [1.807, 2.05) is 36.4 Å². The van der Waals surface area contributed by atoms with Crippen LogP contribution in [0.5, 0.6) is 0 Å². The predicted octanol–water partition coefficient (Wildman–Crippen LogP) is 0.807. The molecule has 0 saturated carbocycles. The fourth-order valence-electron chi connectivity index (χ4n) is 1.41. The third-order valence-electron chi connectivity index (χ3n) is 2.25. The second kappa shape index (κ2) is 5.58. The number of benzene rings is 1. The molecule has 0 spiro atoms. The molecular formula is C13H9N2O2Se. The Hall–Kier alpha value is -1.97. The van der Waals surface area contributed by atoms with Gasteiger partial charge in [0.1, 0.15) is 0 Å². The first-order valence-corrected chi connectivity index (χ1v) is 6.07. The molecule has 0 unspecified atom stereocenters. The van der Waals surface area contributed by atoms with Gasteiger partial charge in [-0.2, -0.15) is 0 Å². The summed E-state index contributed by atoms with van der Waals surface area (Å²) in [6.45, 7) is 0. The Balaban J connectivity index is 2.17. The van der Waals surface area contributed by atoms with Gasteiger partial charge in [-0.3, -0.25) is 0 Å². The van der Waals surface area contributed by atoms with Crippen LogP contribution in [-0.4, -0.2) is 32.6 Å². The number of carbonyl (C=O) groups excluding carboxylic acids is 2. The van der Waals surface area contributed by atoms with Gasteiger partial charge in [-0.1, -0.05) is 0 Å². The van der Waals surface area contributed by atoms with Crippen LogP contribution in [0.4, 0.5) is 0 Å². The Morgan fingerprint density at radius 3 is 2.56 bits per heavy atom. The average molecular weight is 304 g/mol. The Bertz CT molecular complexity index is 574. The quantitative estimate of drug-likeness (QED) is 0.499. The van der Waals surface area contributed by atoms with Crippen molar-refractivity contribution in [3.8, 4) is 0 Å². The minimum absolute atomic E-state index is 0.0289. The Kier molecular flexibility index (Phi) is 3.87. The van der Waals surface area contributed by atoms with Gasteiger partial charge in [0, 0.05) is 0 Å². The summed E-state index contributed by atoms with van der Waals surface area (Å²) in [5, 5.41) is 2.44. The number of allylic oxidation sites excluding steroid dienone is 2. The summed E-state index contributed by atoms with van der Waals surface area (Å²) in [5.41, 5.74) is 1.02. The summed E-state index contributed by atoms with van der Waals surface area (Å²) in [4.78, 5) is 26.6. The van der Waals surface area contributed by atoms with Crippen LogP contribution in [0.1, 0.15) is 5.56 Å². The molecule has 1 aliphatic heterocycles. The molecule has 1 aromatic carbocycles. The van der Waals surface area contributed by atoms with Gasteiger partial charge in [-0.15, -0.1) is 0 Å². The number of amidine groups is 1. The van der Waals surface area contributed by atoms with E-state index in [1.54, 1.807) is 6.08 Å². The molecule has 2 rings (SSSR count). The summed E-state index contributed by atoms with van der Waals surface area (Å²) in [5.74, 6) is -0.980. The van der Waals surface area contributed by atoms with Crippen molar-refractivity contribution in [2.75, 3.05) is 0 Å². The van der Waals surface area contributed by atoms with E-state index in [1.165, 1.54) is 6.08 Å². The first-order valence-electron chi connectivity index (χ1n) is 5.21. The molecule has 0 saturated heterocycles. The van der Waals surface area contributed by atoms with Crippen molar-refractivity contribution < 1.29 is 9.59 Å². The van der Waals surface area contributed by atoms with Crippen LogP contribution in [0.2, 0.25) is 0 Å². The van der Waals surface area contributed by atoms with Crippen molar-refractivity contribution in [1.29, 1.82) is 0 Å². The van der Waals surface area contributed by atoms with Gasteiger partial charge in [0.2, 0.25) is 0 Å². The summed E-state index contributed by atoms with van der Waals surface area (Å²) in [7, 11) is 0. The molecular weight excluding hydrogens is 295 g/mol. The fourth-order valence-corrected chi connectivity index (χ4v) is 1.78. The number of nitrogens with one attached hydrogen (secondary N) is 1. The number of amides is 2. The van der Waals surface area contributed by atoms with E-state index in [0.717, 1.165) is 5.56 Å². The molecule has 1 aromatic rings. The number of rotatable bonds is 2. The molecule has 18 heavy (non-hydrogen) atoms. The van der Waals surface area contributed by atoms with Crippen molar-refractivity contribution >= 4 is 38.6 Å². The normalized spacial score (nSPS) is 18.0. The first kappa shape index (κ1) is 12.5. The van der Waals surface area contributed by atoms with Gasteiger partial charge < -0.3 is 0 Å². The molecule has 1 radical (unpaired) electrons. The molecule has 89 valence electrons. The van der Waals surface area contributed by atoms with E-state index < -0.39 is 11.8 Å². The second-order valence-corrected chi connectivity index (χ2v) is 4.34. The van der Waals surface area contributed by atoms with E-state index in [-0.39, 0.29) is 10.3 Å². The van der Waals surface area contributed by atoms with Gasteiger partial charge in [0.15, 0.2) is 0 Å². The second-order valence-electron chi connectivity index (χ2n) is 3.53. The Morgan fingerprint density at radius 1 is 1.17 bits per heavy atom. The Labute approximate surface area is 112 Å². The van der Waals surface area contributed by atoms with Crippen LogP contribution >= 0.6 is 0 Å². The van der Waals surface area contributed by atoms with Crippen LogP contribution in [0.15, 0.2) is 53.0 Å². The Morgan fingerprint density at radius 2 is 1.89 bits per heavy atom. The molecule has 0 fully saturated rings. The van der Waals surface area contributed by atoms with E-state index in [2.05, 4.69) is 26.3 Å². The molecule has 1 N–H and O–H groups in total. The molecule has 5 heteroatoms. The SMILES string of the molecule is O=C1N=C([Se])NC(=O)/C1=C/C=C/c1ccccc1. The van der Waals surface area contributed by atoms with Gasteiger partial charge in [0.25, 0.3) is 0 Å². The third-order valence-corrected chi connectivity index (χ3v) is 2.66. The van der Waals surface area contributed by atoms with Gasteiger partial charge in [-0.25, -0.2) is 0 Å². The molecule has 4 nitrogen and oxygen atoms in total. The molecule has 2 amide bonds. The van der Waals surface area contributed by atoms with Crippen LogP contribution in [0.25, 0.3) is 6.08 Å². The molecule has 0 aromatic heterocycles. The average Bonchev–Trinajstić information content (AvgIpc) is 2.34. The molecule has 1 heterocycles. The van der Waals surface area contributed by atoms with Crippen molar-refractivity contribution in [3.05, 3.63) is 53.6 Å². The van der Waals surface area contributed by atoms with Crippen molar-refractivity contribution in [2.24, 2.45) is 4.99 Å². The molecule has 0 bridgehead atoms. The topological polar surface area (TPSA) is 58.5 Å². The zero-order valence-corrected chi connectivity index (χ0v) is 11.0. The van der Waals surface area contributed by atoms with Crippen LogP contribution in [0.3, 0.4) is 0 Å². The zero-order chi connectivity index (χ0) is 13.0. The predicted molar refractivity (Wildman–Crippen MR) is 69.9 cm³/mol. The van der Waals surface area contributed by atoms with E-state index in [0.29, 0.717) is 0 Å². The summed E-state index contributed by atoms with van der Waals surface area (Å²) < 4.78 is 0.203. The number of hydrogen-bond acceptors (Lipinski definition) is 2. The van der Waals surface area contributed by atoms with E-state index >= 15 is 0 Å². The summed E-state index contributed by atoms with van der Waals surface area (Å²) in [6.07, 6.45) is 4.92.